The molecule has 19 heavy (non-hydrogen) atoms. The lowest BCUT2D eigenvalue weighted by molar-refractivity contribution is 0.0299. The molecule has 0 bridgehead atoms. The van der Waals surface area contributed by atoms with Gasteiger partial charge < -0.3 is 10.1 Å². The summed E-state index contributed by atoms with van der Waals surface area (Å²) in [5, 5.41) is 2.89. The van der Waals surface area contributed by atoms with E-state index in [-0.39, 0.29) is 5.91 Å². The highest BCUT2D eigenvalue weighted by atomic mass is 79.9. The lowest BCUT2D eigenvalue weighted by Gasteiger charge is -2.22. The van der Waals surface area contributed by atoms with Gasteiger partial charge in [0.1, 0.15) is 0 Å². The number of hydrogen-bond donors (Lipinski definition) is 1. The Kier molecular flexibility index (Phi) is 5.86. The summed E-state index contributed by atoms with van der Waals surface area (Å²) in [4.78, 5) is 11.9. The predicted octanol–water partition coefficient (Wildman–Crippen LogP) is 3.53. The van der Waals surface area contributed by atoms with E-state index in [2.05, 4.69) is 21.2 Å². The van der Waals surface area contributed by atoms with Gasteiger partial charge in [0.15, 0.2) is 0 Å². The summed E-state index contributed by atoms with van der Waals surface area (Å²) >= 11 is 3.38. The van der Waals surface area contributed by atoms with Gasteiger partial charge in [0.2, 0.25) is 0 Å². The average Bonchev–Trinajstić information content (AvgIpc) is 2.45. The zero-order chi connectivity index (χ0) is 13.5. The van der Waals surface area contributed by atoms with Crippen LogP contribution in [0, 0.1) is 0 Å². The maximum Gasteiger partial charge on any atom is 0.252 e. The van der Waals surface area contributed by atoms with Crippen LogP contribution >= 0.6 is 15.9 Å². The second kappa shape index (κ2) is 7.65. The second-order valence-corrected chi connectivity index (χ2v) is 5.72. The van der Waals surface area contributed by atoms with E-state index in [9.17, 15) is 4.79 Å². The van der Waals surface area contributed by atoms with Gasteiger partial charge in [-0.2, -0.15) is 0 Å². The van der Waals surface area contributed by atoms with E-state index in [1.165, 1.54) is 19.3 Å². The maximum atomic E-state index is 11.9. The Hall–Kier alpha value is -0.870. The Morgan fingerprint density at radius 1 is 1.26 bits per heavy atom. The van der Waals surface area contributed by atoms with E-state index < -0.39 is 0 Å². The molecule has 0 unspecified atom stereocenters. The van der Waals surface area contributed by atoms with Gasteiger partial charge in [0.25, 0.3) is 5.91 Å². The van der Waals surface area contributed by atoms with Crippen LogP contribution in [0.15, 0.2) is 28.7 Å². The Labute approximate surface area is 122 Å². The number of nitrogens with one attached hydrogen (secondary N) is 1. The molecule has 3 nitrogen and oxygen atoms in total. The first kappa shape index (κ1) is 14.5. The van der Waals surface area contributed by atoms with Crippen LogP contribution in [0.1, 0.15) is 42.5 Å². The molecule has 0 saturated heterocycles. The largest absolute Gasteiger partial charge is 0.376 e. The minimum absolute atomic E-state index is 0.0558. The van der Waals surface area contributed by atoms with Crippen molar-refractivity contribution in [3.05, 3.63) is 34.3 Å². The maximum absolute atomic E-state index is 11.9. The first-order chi connectivity index (χ1) is 9.27. The molecule has 0 spiro atoms. The fourth-order valence-electron chi connectivity index (χ4n) is 2.36. The third-order valence-corrected chi connectivity index (χ3v) is 4.10. The van der Waals surface area contributed by atoms with Gasteiger partial charge in [-0.25, -0.2) is 0 Å². The summed E-state index contributed by atoms with van der Waals surface area (Å²) in [5.41, 5.74) is 0.667. The molecule has 0 heterocycles. The van der Waals surface area contributed by atoms with E-state index in [0.717, 1.165) is 17.3 Å². The molecule has 0 atom stereocenters. The summed E-state index contributed by atoms with van der Waals surface area (Å²) < 4.78 is 6.59. The van der Waals surface area contributed by atoms with Crippen LogP contribution in [0.3, 0.4) is 0 Å². The molecule has 4 heteroatoms. The average molecular weight is 326 g/mol. The van der Waals surface area contributed by atoms with Gasteiger partial charge in [-0.15, -0.1) is 0 Å². The Balaban J connectivity index is 1.68. The highest BCUT2D eigenvalue weighted by Crippen LogP contribution is 2.20. The standard InChI is InChI=1S/C15H20BrNO2/c16-14-9-5-4-8-13(14)15(18)17-10-11-19-12-6-2-1-3-7-12/h4-5,8-9,12H,1-3,6-7,10-11H2,(H,17,18). The number of carbonyl (C=O) groups excluding carboxylic acids is 1. The lowest BCUT2D eigenvalue weighted by Crippen LogP contribution is -2.29. The molecule has 0 aromatic heterocycles. The minimum atomic E-state index is -0.0558. The molecule has 1 saturated carbocycles. The van der Waals surface area contributed by atoms with Crippen molar-refractivity contribution in [3.8, 4) is 0 Å². The van der Waals surface area contributed by atoms with Gasteiger partial charge in [-0.3, -0.25) is 4.79 Å². The number of ether oxygens (including phenoxy) is 1. The van der Waals surface area contributed by atoms with E-state index >= 15 is 0 Å². The second-order valence-electron chi connectivity index (χ2n) is 4.87. The van der Waals surface area contributed by atoms with Crippen LogP contribution in [-0.4, -0.2) is 25.2 Å². The number of halogens is 1. The number of hydrogen-bond acceptors (Lipinski definition) is 2. The molecule has 104 valence electrons. The Morgan fingerprint density at radius 2 is 2.00 bits per heavy atom. The van der Waals surface area contributed by atoms with Gasteiger partial charge in [0.05, 0.1) is 18.3 Å². The molecular weight excluding hydrogens is 306 g/mol. The predicted molar refractivity (Wildman–Crippen MR) is 79.3 cm³/mol. The van der Waals surface area contributed by atoms with Gasteiger partial charge in [-0.1, -0.05) is 31.4 Å². The van der Waals surface area contributed by atoms with Gasteiger partial charge in [0, 0.05) is 11.0 Å². The smallest absolute Gasteiger partial charge is 0.252 e. The number of rotatable bonds is 5. The molecule has 1 N–H and O–H groups in total. The Bertz CT molecular complexity index is 416. The van der Waals surface area contributed by atoms with Gasteiger partial charge >= 0.3 is 0 Å². The van der Waals surface area contributed by atoms with Crippen LogP contribution in [0.25, 0.3) is 0 Å². The molecule has 0 radical (unpaired) electrons. The van der Waals surface area contributed by atoms with Crippen molar-refractivity contribution < 1.29 is 9.53 Å². The Morgan fingerprint density at radius 3 is 2.74 bits per heavy atom. The number of amides is 1. The van der Waals surface area contributed by atoms with E-state index in [0.29, 0.717) is 24.8 Å². The summed E-state index contributed by atoms with van der Waals surface area (Å²) in [6, 6.07) is 7.43. The third-order valence-electron chi connectivity index (χ3n) is 3.41. The van der Waals surface area contributed by atoms with E-state index in [1.807, 2.05) is 18.2 Å². The molecule has 1 fully saturated rings. The van der Waals surface area contributed by atoms with Crippen LogP contribution < -0.4 is 5.32 Å². The van der Waals surface area contributed by atoms with Crippen LogP contribution in [0.5, 0.6) is 0 Å². The van der Waals surface area contributed by atoms with Crippen molar-refractivity contribution in [2.75, 3.05) is 13.2 Å². The molecular formula is C15H20BrNO2. The lowest BCUT2D eigenvalue weighted by atomic mass is 9.98. The minimum Gasteiger partial charge on any atom is -0.376 e. The van der Waals surface area contributed by atoms with Crippen LogP contribution in [0.4, 0.5) is 0 Å². The zero-order valence-corrected chi connectivity index (χ0v) is 12.6. The topological polar surface area (TPSA) is 38.3 Å². The first-order valence-electron chi connectivity index (χ1n) is 6.91. The summed E-state index contributed by atoms with van der Waals surface area (Å²) in [7, 11) is 0. The number of carbonyl (C=O) groups is 1. The molecule has 1 amide bonds. The summed E-state index contributed by atoms with van der Waals surface area (Å²) in [5.74, 6) is -0.0558. The molecule has 0 aliphatic heterocycles. The van der Waals surface area contributed by atoms with Crippen LogP contribution in [0.2, 0.25) is 0 Å². The molecule has 2 rings (SSSR count). The van der Waals surface area contributed by atoms with Crippen LogP contribution in [-0.2, 0) is 4.74 Å². The fraction of sp³-hybridized carbons (Fsp3) is 0.533. The van der Waals surface area contributed by atoms with Crippen molar-refractivity contribution in [2.24, 2.45) is 0 Å². The van der Waals surface area contributed by atoms with Crippen molar-refractivity contribution in [3.63, 3.8) is 0 Å². The third kappa shape index (κ3) is 4.62. The summed E-state index contributed by atoms with van der Waals surface area (Å²) in [6.07, 6.45) is 6.60. The summed E-state index contributed by atoms with van der Waals surface area (Å²) in [6.45, 7) is 1.16. The zero-order valence-electron chi connectivity index (χ0n) is 11.0. The monoisotopic (exact) mass is 325 g/mol. The molecule has 1 aliphatic carbocycles. The SMILES string of the molecule is O=C(NCCOC1CCCCC1)c1ccccc1Br. The van der Waals surface area contributed by atoms with Crippen molar-refractivity contribution in [1.29, 1.82) is 0 Å². The highest BCUT2D eigenvalue weighted by Gasteiger charge is 2.13. The van der Waals surface area contributed by atoms with E-state index in [4.69, 9.17) is 4.74 Å². The normalized spacial score (nSPS) is 16.3. The molecule has 1 aromatic carbocycles. The number of benzene rings is 1. The molecule has 1 aromatic rings. The van der Waals surface area contributed by atoms with Crippen molar-refractivity contribution in [1.82, 2.24) is 5.32 Å². The quantitative estimate of drug-likeness (QED) is 0.841. The molecule has 1 aliphatic rings. The highest BCUT2D eigenvalue weighted by molar-refractivity contribution is 9.10. The van der Waals surface area contributed by atoms with Crippen molar-refractivity contribution >= 4 is 21.8 Å². The fourth-order valence-corrected chi connectivity index (χ4v) is 2.83. The van der Waals surface area contributed by atoms with Gasteiger partial charge in [-0.05, 0) is 40.9 Å². The first-order valence-corrected chi connectivity index (χ1v) is 7.71. The van der Waals surface area contributed by atoms with E-state index in [1.54, 1.807) is 6.07 Å². The van der Waals surface area contributed by atoms with Crippen molar-refractivity contribution in [2.45, 2.75) is 38.2 Å².